The third-order valence-corrected chi connectivity index (χ3v) is 9.60. The largest absolute Gasteiger partial charge is 0.456 e. The van der Waals surface area contributed by atoms with Crippen LogP contribution in [0.1, 0.15) is 0 Å². The molecule has 1 aromatic heterocycles. The van der Waals surface area contributed by atoms with Gasteiger partial charge in [-0.05, 0) is 101 Å². The molecule has 0 radical (unpaired) electrons. The van der Waals surface area contributed by atoms with Crippen molar-refractivity contribution in [2.24, 2.45) is 0 Å². The van der Waals surface area contributed by atoms with Gasteiger partial charge in [0.15, 0.2) is 0 Å². The molecule has 45 heavy (non-hydrogen) atoms. The molecule has 0 N–H and O–H groups in total. The number of hydrogen-bond donors (Lipinski definition) is 0. The molecule has 0 aliphatic heterocycles. The Kier molecular flexibility index (Phi) is 5.06. The maximum atomic E-state index is 6.27. The fraction of sp³-hybridized carbons (Fsp3) is 0. The Labute approximate surface area is 259 Å². The van der Waals surface area contributed by atoms with E-state index in [4.69, 9.17) is 4.42 Å². The summed E-state index contributed by atoms with van der Waals surface area (Å²) in [5.41, 5.74) is 9.37. The van der Waals surface area contributed by atoms with Gasteiger partial charge >= 0.3 is 0 Å². The van der Waals surface area contributed by atoms with Gasteiger partial charge in [-0.25, -0.2) is 0 Å². The molecule has 0 atom stereocenters. The van der Waals surface area contributed by atoms with Crippen molar-refractivity contribution in [1.82, 2.24) is 0 Å². The number of rotatable bonds is 3. The van der Waals surface area contributed by atoms with E-state index in [1.165, 1.54) is 87.2 Å². The van der Waals surface area contributed by atoms with Crippen molar-refractivity contribution in [2.45, 2.75) is 0 Å². The van der Waals surface area contributed by atoms with Gasteiger partial charge in [0, 0.05) is 10.8 Å². The summed E-state index contributed by atoms with van der Waals surface area (Å²) >= 11 is 0. The Morgan fingerprint density at radius 1 is 0.311 bits per heavy atom. The van der Waals surface area contributed by atoms with Crippen LogP contribution in [0.25, 0.3) is 98.4 Å². The minimum atomic E-state index is 0.942. The summed E-state index contributed by atoms with van der Waals surface area (Å²) < 4.78 is 6.27. The van der Waals surface area contributed by atoms with Crippen molar-refractivity contribution < 1.29 is 4.42 Å². The van der Waals surface area contributed by atoms with E-state index in [0.29, 0.717) is 0 Å². The maximum Gasteiger partial charge on any atom is 0.136 e. The maximum absolute atomic E-state index is 6.27. The Bertz CT molecular complexity index is 2700. The second kappa shape index (κ2) is 9.29. The average molecular weight is 571 g/mol. The average Bonchev–Trinajstić information content (AvgIpc) is 3.49. The van der Waals surface area contributed by atoms with Gasteiger partial charge in [-0.2, -0.15) is 0 Å². The predicted molar refractivity (Wildman–Crippen MR) is 191 cm³/mol. The van der Waals surface area contributed by atoms with Crippen LogP contribution >= 0.6 is 0 Å². The lowest BCUT2D eigenvalue weighted by atomic mass is 9.84. The molecule has 208 valence electrons. The van der Waals surface area contributed by atoms with Gasteiger partial charge in [-0.1, -0.05) is 133 Å². The topological polar surface area (TPSA) is 13.1 Å². The Morgan fingerprint density at radius 2 is 0.844 bits per heavy atom. The molecule has 0 fully saturated rings. The number of hydrogen-bond acceptors (Lipinski definition) is 1. The van der Waals surface area contributed by atoms with Gasteiger partial charge in [-0.15, -0.1) is 0 Å². The molecule has 0 saturated carbocycles. The normalized spacial score (nSPS) is 12.0. The third-order valence-electron chi connectivity index (χ3n) is 9.60. The van der Waals surface area contributed by atoms with Crippen molar-refractivity contribution >= 4 is 65.0 Å². The summed E-state index contributed by atoms with van der Waals surface area (Å²) in [6.45, 7) is 0. The van der Waals surface area contributed by atoms with E-state index in [2.05, 4.69) is 158 Å². The van der Waals surface area contributed by atoms with Crippen LogP contribution in [-0.2, 0) is 0 Å². The van der Waals surface area contributed by atoms with Crippen LogP contribution < -0.4 is 0 Å². The molecule has 9 aromatic carbocycles. The fourth-order valence-electron chi connectivity index (χ4n) is 7.73. The van der Waals surface area contributed by atoms with Gasteiger partial charge in [0.1, 0.15) is 11.2 Å². The van der Waals surface area contributed by atoms with Crippen molar-refractivity contribution in [2.75, 3.05) is 0 Å². The molecule has 0 spiro atoms. The highest BCUT2D eigenvalue weighted by Crippen LogP contribution is 2.47. The smallest absolute Gasteiger partial charge is 0.136 e. The Hall–Kier alpha value is -5.92. The van der Waals surface area contributed by atoms with Crippen molar-refractivity contribution in [3.8, 4) is 33.4 Å². The summed E-state index contributed by atoms with van der Waals surface area (Å²) in [4.78, 5) is 0. The van der Waals surface area contributed by atoms with E-state index in [9.17, 15) is 0 Å². The lowest BCUT2D eigenvalue weighted by Crippen LogP contribution is -1.92. The SMILES string of the molecule is c1cc(-c2c3ccccc3c(-c3cccc4ccccc34)c3ccccc23)cc(-c2cc3cccc4oc5cccc2c5c34)c1. The van der Waals surface area contributed by atoms with E-state index in [1.807, 2.05) is 0 Å². The van der Waals surface area contributed by atoms with Crippen LogP contribution in [0, 0.1) is 0 Å². The summed E-state index contributed by atoms with van der Waals surface area (Å²) in [5.74, 6) is 0. The quantitative estimate of drug-likeness (QED) is 0.152. The first kappa shape index (κ1) is 24.5. The van der Waals surface area contributed by atoms with Gasteiger partial charge in [0.05, 0.1) is 0 Å². The highest BCUT2D eigenvalue weighted by molar-refractivity contribution is 6.26. The van der Waals surface area contributed by atoms with E-state index >= 15 is 0 Å². The highest BCUT2D eigenvalue weighted by Gasteiger charge is 2.20. The van der Waals surface area contributed by atoms with Crippen LogP contribution in [0.3, 0.4) is 0 Å². The first-order valence-electron chi connectivity index (χ1n) is 15.5. The zero-order valence-corrected chi connectivity index (χ0v) is 24.4. The minimum absolute atomic E-state index is 0.942. The third kappa shape index (κ3) is 3.50. The Morgan fingerprint density at radius 3 is 1.62 bits per heavy atom. The van der Waals surface area contributed by atoms with E-state index in [-0.39, 0.29) is 0 Å². The molecule has 0 amide bonds. The second-order valence-corrected chi connectivity index (χ2v) is 12.0. The molecule has 1 heteroatoms. The van der Waals surface area contributed by atoms with E-state index < -0.39 is 0 Å². The first-order valence-corrected chi connectivity index (χ1v) is 15.5. The van der Waals surface area contributed by atoms with Crippen LogP contribution in [0.15, 0.2) is 162 Å². The van der Waals surface area contributed by atoms with Gasteiger partial charge < -0.3 is 4.42 Å². The zero-order valence-electron chi connectivity index (χ0n) is 24.4. The van der Waals surface area contributed by atoms with Crippen molar-refractivity contribution in [3.63, 3.8) is 0 Å². The van der Waals surface area contributed by atoms with Crippen LogP contribution in [0.2, 0.25) is 0 Å². The van der Waals surface area contributed by atoms with E-state index in [0.717, 1.165) is 11.2 Å². The predicted octanol–water partition coefficient (Wildman–Crippen LogP) is 12.6. The molecule has 0 aliphatic carbocycles. The molecule has 0 saturated heterocycles. The number of fused-ring (bicyclic) bond motifs is 3. The minimum Gasteiger partial charge on any atom is -0.456 e. The molecular formula is C44H26O. The fourth-order valence-corrected chi connectivity index (χ4v) is 7.73. The first-order chi connectivity index (χ1) is 22.3. The summed E-state index contributed by atoms with van der Waals surface area (Å²) in [6.07, 6.45) is 0. The monoisotopic (exact) mass is 570 g/mol. The molecule has 0 bridgehead atoms. The highest BCUT2D eigenvalue weighted by atomic mass is 16.3. The van der Waals surface area contributed by atoms with E-state index in [1.54, 1.807) is 0 Å². The van der Waals surface area contributed by atoms with Gasteiger partial charge in [0.2, 0.25) is 0 Å². The van der Waals surface area contributed by atoms with Crippen molar-refractivity contribution in [3.05, 3.63) is 158 Å². The summed E-state index contributed by atoms with van der Waals surface area (Å²) in [7, 11) is 0. The lowest BCUT2D eigenvalue weighted by molar-refractivity contribution is 0.669. The van der Waals surface area contributed by atoms with Gasteiger partial charge in [-0.3, -0.25) is 0 Å². The number of furan rings is 1. The summed E-state index contributed by atoms with van der Waals surface area (Å²) in [5, 5.41) is 12.4. The molecular weight excluding hydrogens is 544 g/mol. The number of benzene rings is 9. The summed E-state index contributed by atoms with van der Waals surface area (Å²) in [6, 6.07) is 57.4. The van der Waals surface area contributed by atoms with Crippen molar-refractivity contribution in [1.29, 1.82) is 0 Å². The van der Waals surface area contributed by atoms with Gasteiger partial charge in [0.25, 0.3) is 0 Å². The molecule has 1 heterocycles. The molecule has 0 unspecified atom stereocenters. The molecule has 10 aromatic rings. The molecule has 0 aliphatic rings. The zero-order chi connectivity index (χ0) is 29.5. The second-order valence-electron chi connectivity index (χ2n) is 12.0. The molecule has 10 rings (SSSR count). The standard InChI is InChI=1S/C44H26O/c1-2-16-31-27(11-1)12-8-21-32(31)43-35-19-5-3-17-33(35)41(34-18-4-6-20-36(34)43)29-14-7-13-28(25-29)38-26-30-15-9-23-39-42(30)44-37(38)22-10-24-40(44)45-39/h1-26H. The Balaban J connectivity index is 1.27. The lowest BCUT2D eigenvalue weighted by Gasteiger charge is -2.19. The van der Waals surface area contributed by atoms with Crippen LogP contribution in [-0.4, -0.2) is 0 Å². The van der Waals surface area contributed by atoms with Crippen LogP contribution in [0.5, 0.6) is 0 Å². The van der Waals surface area contributed by atoms with Crippen LogP contribution in [0.4, 0.5) is 0 Å². The molecule has 1 nitrogen and oxygen atoms in total.